The van der Waals surface area contributed by atoms with Crippen LogP contribution in [0.1, 0.15) is 10.4 Å². The Morgan fingerprint density at radius 2 is 1.43 bits per heavy atom. The molecular weight excluding hydrogens is 275 g/mol. The van der Waals surface area contributed by atoms with Gasteiger partial charge in [-0.25, -0.2) is 10.2 Å². The van der Waals surface area contributed by atoms with Crippen molar-refractivity contribution in [2.24, 2.45) is 5.84 Å². The second kappa shape index (κ2) is 7.25. The van der Waals surface area contributed by atoms with Crippen molar-refractivity contribution in [2.75, 3.05) is 13.2 Å². The molecule has 0 aliphatic rings. The zero-order valence-electron chi connectivity index (χ0n) is 11.2. The molecule has 0 fully saturated rings. The van der Waals surface area contributed by atoms with Gasteiger partial charge in [0, 0.05) is 5.56 Å². The first-order chi connectivity index (χ1) is 10.2. The maximum atomic E-state index is 12.7. The highest BCUT2D eigenvalue weighted by Gasteiger charge is 2.03. The first-order valence-corrected chi connectivity index (χ1v) is 6.31. The van der Waals surface area contributed by atoms with E-state index in [-0.39, 0.29) is 11.7 Å². The predicted octanol–water partition coefficient (Wildman–Crippen LogP) is 1.89. The average Bonchev–Trinajstić information content (AvgIpc) is 2.53. The average molecular weight is 290 g/mol. The fourth-order valence-corrected chi connectivity index (χ4v) is 1.64. The Hall–Kier alpha value is -2.60. The van der Waals surface area contributed by atoms with Gasteiger partial charge in [-0.15, -0.1) is 0 Å². The van der Waals surface area contributed by atoms with Crippen LogP contribution in [-0.2, 0) is 0 Å². The monoisotopic (exact) mass is 290 g/mol. The van der Waals surface area contributed by atoms with Crippen LogP contribution in [0, 0.1) is 5.82 Å². The lowest BCUT2D eigenvalue weighted by atomic mass is 10.2. The van der Waals surface area contributed by atoms with E-state index in [0.29, 0.717) is 30.3 Å². The molecule has 0 aliphatic carbocycles. The van der Waals surface area contributed by atoms with E-state index in [2.05, 4.69) is 0 Å². The maximum Gasteiger partial charge on any atom is 0.265 e. The smallest absolute Gasteiger partial charge is 0.265 e. The number of ether oxygens (including phenoxy) is 2. The van der Waals surface area contributed by atoms with Gasteiger partial charge < -0.3 is 9.47 Å². The van der Waals surface area contributed by atoms with Crippen molar-refractivity contribution < 1.29 is 18.7 Å². The number of rotatable bonds is 6. The minimum atomic E-state index is -0.360. The lowest BCUT2D eigenvalue weighted by molar-refractivity contribution is 0.0953. The van der Waals surface area contributed by atoms with E-state index in [9.17, 15) is 9.18 Å². The summed E-state index contributed by atoms with van der Waals surface area (Å²) in [7, 11) is 0. The zero-order chi connectivity index (χ0) is 15.1. The van der Waals surface area contributed by atoms with Crippen LogP contribution < -0.4 is 20.7 Å². The Morgan fingerprint density at radius 3 is 1.90 bits per heavy atom. The molecule has 0 saturated carbocycles. The molecule has 0 saturated heterocycles. The number of nitrogens with one attached hydrogen (secondary N) is 1. The van der Waals surface area contributed by atoms with Gasteiger partial charge in [0.2, 0.25) is 0 Å². The fraction of sp³-hybridized carbons (Fsp3) is 0.133. The highest BCUT2D eigenvalue weighted by molar-refractivity contribution is 5.93. The number of hydrogen-bond acceptors (Lipinski definition) is 4. The number of amides is 1. The summed E-state index contributed by atoms with van der Waals surface area (Å²) in [6, 6.07) is 12.3. The van der Waals surface area contributed by atoms with E-state index >= 15 is 0 Å². The maximum absolute atomic E-state index is 12.7. The Labute approximate surface area is 121 Å². The third kappa shape index (κ3) is 4.47. The van der Waals surface area contributed by atoms with Crippen LogP contribution in [-0.4, -0.2) is 19.1 Å². The molecule has 1 amide bonds. The number of carbonyl (C=O) groups is 1. The summed E-state index contributed by atoms with van der Waals surface area (Å²) in [5.41, 5.74) is 2.50. The molecule has 0 atom stereocenters. The van der Waals surface area contributed by atoms with Crippen LogP contribution in [0.4, 0.5) is 4.39 Å². The SMILES string of the molecule is NNC(=O)c1ccc(OCCOc2ccc(F)cc2)cc1. The summed E-state index contributed by atoms with van der Waals surface area (Å²) in [6.07, 6.45) is 0. The first kappa shape index (κ1) is 14.8. The van der Waals surface area contributed by atoms with Gasteiger partial charge in [-0.2, -0.15) is 0 Å². The number of nitrogens with two attached hydrogens (primary N) is 1. The van der Waals surface area contributed by atoms with Crippen LogP contribution in [0.3, 0.4) is 0 Å². The summed E-state index contributed by atoms with van der Waals surface area (Å²) in [5.74, 6) is 5.56. The Kier molecular flexibility index (Phi) is 5.11. The van der Waals surface area contributed by atoms with Crippen molar-refractivity contribution in [1.29, 1.82) is 0 Å². The van der Waals surface area contributed by atoms with Crippen LogP contribution in [0.2, 0.25) is 0 Å². The van der Waals surface area contributed by atoms with Gasteiger partial charge in [0.1, 0.15) is 30.5 Å². The van der Waals surface area contributed by atoms with Gasteiger partial charge in [-0.1, -0.05) is 0 Å². The van der Waals surface area contributed by atoms with Crippen LogP contribution in [0.5, 0.6) is 11.5 Å². The molecular formula is C15H15FN2O3. The Bertz CT molecular complexity index is 585. The van der Waals surface area contributed by atoms with Crippen LogP contribution in [0.25, 0.3) is 0 Å². The van der Waals surface area contributed by atoms with Gasteiger partial charge in [0.15, 0.2) is 0 Å². The molecule has 21 heavy (non-hydrogen) atoms. The molecule has 5 nitrogen and oxygen atoms in total. The van der Waals surface area contributed by atoms with E-state index in [4.69, 9.17) is 15.3 Å². The normalized spacial score (nSPS) is 10.0. The molecule has 2 rings (SSSR count). The number of halogens is 1. The van der Waals surface area contributed by atoms with Crippen LogP contribution >= 0.6 is 0 Å². The van der Waals surface area contributed by atoms with E-state index in [1.807, 2.05) is 5.43 Å². The van der Waals surface area contributed by atoms with Crippen molar-refractivity contribution >= 4 is 5.91 Å². The minimum absolute atomic E-state index is 0.305. The lowest BCUT2D eigenvalue weighted by Crippen LogP contribution is -2.29. The summed E-state index contributed by atoms with van der Waals surface area (Å²) in [5, 5.41) is 0. The zero-order valence-corrected chi connectivity index (χ0v) is 11.2. The molecule has 110 valence electrons. The second-order valence-electron chi connectivity index (χ2n) is 4.15. The second-order valence-corrected chi connectivity index (χ2v) is 4.15. The number of hydrazine groups is 1. The molecule has 0 aromatic heterocycles. The predicted molar refractivity (Wildman–Crippen MR) is 75.5 cm³/mol. The molecule has 0 spiro atoms. The highest BCUT2D eigenvalue weighted by Crippen LogP contribution is 2.13. The van der Waals surface area contributed by atoms with Crippen molar-refractivity contribution in [2.45, 2.75) is 0 Å². The van der Waals surface area contributed by atoms with Gasteiger partial charge >= 0.3 is 0 Å². The molecule has 3 N–H and O–H groups in total. The van der Waals surface area contributed by atoms with E-state index in [1.165, 1.54) is 12.1 Å². The van der Waals surface area contributed by atoms with Crippen molar-refractivity contribution in [3.05, 3.63) is 59.9 Å². The largest absolute Gasteiger partial charge is 0.490 e. The third-order valence-electron chi connectivity index (χ3n) is 2.68. The Morgan fingerprint density at radius 1 is 0.952 bits per heavy atom. The van der Waals surface area contributed by atoms with E-state index in [0.717, 1.165) is 0 Å². The number of hydrogen-bond donors (Lipinski definition) is 2. The molecule has 0 heterocycles. The van der Waals surface area contributed by atoms with E-state index in [1.54, 1.807) is 36.4 Å². The summed E-state index contributed by atoms with van der Waals surface area (Å²) in [4.78, 5) is 11.2. The lowest BCUT2D eigenvalue weighted by Gasteiger charge is -2.08. The highest BCUT2D eigenvalue weighted by atomic mass is 19.1. The van der Waals surface area contributed by atoms with Gasteiger partial charge in [0.25, 0.3) is 5.91 Å². The summed E-state index contributed by atoms with van der Waals surface area (Å²) >= 11 is 0. The standard InChI is InChI=1S/C15H15FN2O3/c16-12-3-7-14(8-4-12)21-10-9-20-13-5-1-11(2-6-13)15(19)18-17/h1-8H,9-10,17H2,(H,18,19). The van der Waals surface area contributed by atoms with Crippen molar-refractivity contribution in [3.8, 4) is 11.5 Å². The van der Waals surface area contributed by atoms with E-state index < -0.39 is 0 Å². The fourth-order valence-electron chi connectivity index (χ4n) is 1.64. The summed E-state index contributed by atoms with van der Waals surface area (Å²) < 4.78 is 23.5. The minimum Gasteiger partial charge on any atom is -0.490 e. The first-order valence-electron chi connectivity index (χ1n) is 6.31. The molecule has 2 aromatic carbocycles. The van der Waals surface area contributed by atoms with Gasteiger partial charge in [-0.05, 0) is 48.5 Å². The quantitative estimate of drug-likeness (QED) is 0.369. The van der Waals surface area contributed by atoms with Crippen LogP contribution in [0.15, 0.2) is 48.5 Å². The Balaban J connectivity index is 1.75. The van der Waals surface area contributed by atoms with Crippen molar-refractivity contribution in [1.82, 2.24) is 5.43 Å². The molecule has 6 heteroatoms. The number of nitrogen functional groups attached to an aromatic ring is 1. The molecule has 0 radical (unpaired) electrons. The van der Waals surface area contributed by atoms with Gasteiger partial charge in [-0.3, -0.25) is 10.2 Å². The number of carbonyl (C=O) groups excluding carboxylic acids is 1. The molecule has 0 aliphatic heterocycles. The molecule has 0 unspecified atom stereocenters. The molecule has 0 bridgehead atoms. The topological polar surface area (TPSA) is 73.6 Å². The van der Waals surface area contributed by atoms with Crippen molar-refractivity contribution in [3.63, 3.8) is 0 Å². The summed E-state index contributed by atoms with van der Waals surface area (Å²) in [6.45, 7) is 0.663. The van der Waals surface area contributed by atoms with Gasteiger partial charge in [0.05, 0.1) is 0 Å². The number of benzene rings is 2. The third-order valence-corrected chi connectivity index (χ3v) is 2.68. The molecule has 2 aromatic rings.